The number of rotatable bonds is 3. The van der Waals surface area contributed by atoms with E-state index in [0.29, 0.717) is 11.4 Å². The molecule has 98 valence electrons. The molecule has 0 spiro atoms. The lowest BCUT2D eigenvalue weighted by Crippen LogP contribution is -2.40. The Hall–Kier alpha value is -1.32. The molecule has 0 atom stereocenters. The molecule has 0 bridgehead atoms. The van der Waals surface area contributed by atoms with Crippen LogP contribution < -0.4 is 11.1 Å². The van der Waals surface area contributed by atoms with Gasteiger partial charge in [-0.25, -0.2) is 0 Å². The average molecular weight is 265 g/mol. The lowest BCUT2D eigenvalue weighted by atomic mass is 9.80. The highest BCUT2D eigenvalue weighted by atomic mass is 32.1. The van der Waals surface area contributed by atoms with Crippen molar-refractivity contribution in [1.82, 2.24) is 9.27 Å². The Bertz CT molecular complexity index is 454. The first-order valence-electron chi connectivity index (χ1n) is 6.12. The molecule has 1 fully saturated rings. The average Bonchev–Trinajstić information content (AvgIpc) is 2.72. The van der Waals surface area contributed by atoms with Crippen LogP contribution in [0.2, 0.25) is 0 Å². The number of anilines is 2. The number of nitriles is 1. The summed E-state index contributed by atoms with van der Waals surface area (Å²) in [5, 5.41) is 13.2. The summed E-state index contributed by atoms with van der Waals surface area (Å²) in [6.45, 7) is 5.43. The van der Waals surface area contributed by atoms with Crippen molar-refractivity contribution in [3.63, 3.8) is 0 Å². The van der Waals surface area contributed by atoms with Gasteiger partial charge in [-0.2, -0.15) is 9.64 Å². The minimum Gasteiger partial charge on any atom is -0.382 e. The zero-order valence-electron chi connectivity index (χ0n) is 10.9. The van der Waals surface area contributed by atoms with E-state index >= 15 is 0 Å². The van der Waals surface area contributed by atoms with Crippen LogP contribution in [0.25, 0.3) is 0 Å². The fourth-order valence-electron chi connectivity index (χ4n) is 2.16. The SMILES string of the molecule is CN1CCC(C)(CNc2snc(N)c2C#N)CC1. The number of nitrogens with one attached hydrogen (secondary N) is 1. The zero-order chi connectivity index (χ0) is 13.2. The highest BCUT2D eigenvalue weighted by Gasteiger charge is 2.29. The van der Waals surface area contributed by atoms with Gasteiger partial charge in [0, 0.05) is 6.54 Å². The van der Waals surface area contributed by atoms with Crippen molar-refractivity contribution in [1.29, 1.82) is 5.26 Å². The predicted octanol–water partition coefficient (Wildman–Crippen LogP) is 1.74. The van der Waals surface area contributed by atoms with E-state index in [1.807, 2.05) is 0 Å². The van der Waals surface area contributed by atoms with Crippen LogP contribution in [-0.2, 0) is 0 Å². The van der Waals surface area contributed by atoms with Gasteiger partial charge >= 0.3 is 0 Å². The van der Waals surface area contributed by atoms with E-state index in [1.54, 1.807) is 0 Å². The van der Waals surface area contributed by atoms with E-state index in [2.05, 4.69) is 34.6 Å². The lowest BCUT2D eigenvalue weighted by Gasteiger charge is -2.38. The molecule has 2 heterocycles. The quantitative estimate of drug-likeness (QED) is 0.870. The summed E-state index contributed by atoms with van der Waals surface area (Å²) in [6, 6.07) is 2.10. The van der Waals surface area contributed by atoms with Gasteiger partial charge in [-0.1, -0.05) is 6.92 Å². The molecule has 2 rings (SSSR count). The van der Waals surface area contributed by atoms with Crippen LogP contribution in [0, 0.1) is 16.7 Å². The monoisotopic (exact) mass is 265 g/mol. The second-order valence-electron chi connectivity index (χ2n) is 5.35. The molecular formula is C12H19N5S. The Morgan fingerprint density at radius 3 is 2.83 bits per heavy atom. The standard InChI is InChI=1S/C12H19N5S/c1-12(3-5-17(2)6-4-12)8-15-11-9(7-13)10(14)16-18-11/h15H,3-6,8H2,1-2H3,(H2,14,16). The third-order valence-corrected chi connectivity index (χ3v) is 4.52. The fourth-order valence-corrected chi connectivity index (χ4v) is 2.82. The smallest absolute Gasteiger partial charge is 0.157 e. The maximum atomic E-state index is 9.01. The number of nitrogens with zero attached hydrogens (tertiary/aromatic N) is 3. The minimum atomic E-state index is 0.290. The van der Waals surface area contributed by atoms with Gasteiger partial charge in [0.25, 0.3) is 0 Å². The zero-order valence-corrected chi connectivity index (χ0v) is 11.7. The summed E-state index contributed by atoms with van der Waals surface area (Å²) >= 11 is 1.27. The summed E-state index contributed by atoms with van der Waals surface area (Å²) in [5.41, 5.74) is 6.41. The summed E-state index contributed by atoms with van der Waals surface area (Å²) in [5.74, 6) is 0.332. The number of nitrogen functional groups attached to an aromatic ring is 1. The van der Waals surface area contributed by atoms with E-state index < -0.39 is 0 Å². The van der Waals surface area contributed by atoms with Crippen molar-refractivity contribution < 1.29 is 0 Å². The molecule has 1 aromatic heterocycles. The van der Waals surface area contributed by atoms with Crippen LogP contribution in [0.3, 0.4) is 0 Å². The first-order chi connectivity index (χ1) is 8.54. The van der Waals surface area contributed by atoms with Gasteiger partial charge in [-0.3, -0.25) is 0 Å². The highest BCUT2D eigenvalue weighted by molar-refractivity contribution is 7.10. The van der Waals surface area contributed by atoms with Crippen molar-refractivity contribution in [2.45, 2.75) is 19.8 Å². The molecular weight excluding hydrogens is 246 g/mol. The third-order valence-electron chi connectivity index (χ3n) is 3.70. The third kappa shape index (κ3) is 2.74. The molecule has 1 saturated heterocycles. The summed E-state index contributed by atoms with van der Waals surface area (Å²) < 4.78 is 4.01. The van der Waals surface area contributed by atoms with Crippen molar-refractivity contribution in [3.8, 4) is 6.07 Å². The first-order valence-corrected chi connectivity index (χ1v) is 6.89. The van der Waals surface area contributed by atoms with E-state index in [9.17, 15) is 0 Å². The van der Waals surface area contributed by atoms with Gasteiger partial charge in [0.05, 0.1) is 0 Å². The van der Waals surface area contributed by atoms with Crippen molar-refractivity contribution in [2.75, 3.05) is 37.7 Å². The Morgan fingerprint density at radius 2 is 2.22 bits per heavy atom. The molecule has 0 aliphatic carbocycles. The van der Waals surface area contributed by atoms with Crippen LogP contribution in [0.15, 0.2) is 0 Å². The molecule has 6 heteroatoms. The Labute approximate surface area is 112 Å². The minimum absolute atomic E-state index is 0.290. The largest absolute Gasteiger partial charge is 0.382 e. The van der Waals surface area contributed by atoms with Crippen LogP contribution in [0.1, 0.15) is 25.3 Å². The van der Waals surface area contributed by atoms with Crippen LogP contribution in [0.4, 0.5) is 10.8 Å². The van der Waals surface area contributed by atoms with E-state index in [4.69, 9.17) is 11.0 Å². The second-order valence-corrected chi connectivity index (χ2v) is 6.12. The molecule has 0 radical (unpaired) electrons. The van der Waals surface area contributed by atoms with Crippen LogP contribution >= 0.6 is 11.5 Å². The van der Waals surface area contributed by atoms with Gasteiger partial charge in [0.2, 0.25) is 0 Å². The number of piperidine rings is 1. The fraction of sp³-hybridized carbons (Fsp3) is 0.667. The first kappa shape index (κ1) is 13.1. The lowest BCUT2D eigenvalue weighted by molar-refractivity contribution is 0.151. The second kappa shape index (κ2) is 5.12. The molecule has 0 saturated carbocycles. The van der Waals surface area contributed by atoms with Gasteiger partial charge < -0.3 is 16.0 Å². The Morgan fingerprint density at radius 1 is 1.56 bits per heavy atom. The van der Waals surface area contributed by atoms with Crippen molar-refractivity contribution >= 4 is 22.4 Å². The van der Waals surface area contributed by atoms with Gasteiger partial charge in [0.15, 0.2) is 5.82 Å². The van der Waals surface area contributed by atoms with Gasteiger partial charge in [-0.15, -0.1) is 0 Å². The molecule has 3 N–H and O–H groups in total. The Kier molecular flexibility index (Phi) is 3.73. The molecule has 0 aromatic carbocycles. The summed E-state index contributed by atoms with van der Waals surface area (Å²) in [7, 11) is 2.16. The van der Waals surface area contributed by atoms with E-state index in [0.717, 1.165) is 24.6 Å². The summed E-state index contributed by atoms with van der Waals surface area (Å²) in [6.07, 6.45) is 2.35. The Balaban J connectivity index is 1.97. The van der Waals surface area contributed by atoms with E-state index in [1.165, 1.54) is 24.4 Å². The maximum Gasteiger partial charge on any atom is 0.157 e. The van der Waals surface area contributed by atoms with Crippen molar-refractivity contribution in [2.24, 2.45) is 5.41 Å². The predicted molar refractivity (Wildman–Crippen MR) is 74.6 cm³/mol. The number of aromatic nitrogens is 1. The molecule has 5 nitrogen and oxygen atoms in total. The summed E-state index contributed by atoms with van der Waals surface area (Å²) in [4.78, 5) is 2.35. The van der Waals surface area contributed by atoms with Gasteiger partial charge in [0.1, 0.15) is 16.6 Å². The number of nitrogens with two attached hydrogens (primary N) is 1. The highest BCUT2D eigenvalue weighted by Crippen LogP contribution is 2.32. The number of likely N-dealkylation sites (tertiary alicyclic amines) is 1. The molecule has 0 amide bonds. The molecule has 18 heavy (non-hydrogen) atoms. The maximum absolute atomic E-state index is 9.01. The molecule has 0 unspecified atom stereocenters. The van der Waals surface area contributed by atoms with Crippen LogP contribution in [-0.4, -0.2) is 36.0 Å². The van der Waals surface area contributed by atoms with E-state index in [-0.39, 0.29) is 5.41 Å². The van der Waals surface area contributed by atoms with Crippen LogP contribution in [0.5, 0.6) is 0 Å². The molecule has 1 aliphatic heterocycles. The number of hydrogen-bond acceptors (Lipinski definition) is 6. The molecule has 1 aromatic rings. The normalized spacial score (nSPS) is 19.4. The number of hydrogen-bond donors (Lipinski definition) is 2. The molecule has 1 aliphatic rings. The van der Waals surface area contributed by atoms with Crippen molar-refractivity contribution in [3.05, 3.63) is 5.56 Å². The van der Waals surface area contributed by atoms with Gasteiger partial charge in [-0.05, 0) is 49.9 Å². The topological polar surface area (TPSA) is 78.0 Å².